The van der Waals surface area contributed by atoms with E-state index >= 15 is 0 Å². The lowest BCUT2D eigenvalue weighted by Crippen LogP contribution is -2.05. The third-order valence-electron chi connectivity index (χ3n) is 2.13. The molecule has 0 aliphatic rings. The number of nitrogens with zero attached hydrogens (tertiary/aromatic N) is 2. The number of hydrogen-bond donors (Lipinski definition) is 0. The number of carbonyl (C=O) groups excluding carboxylic acids is 2. The summed E-state index contributed by atoms with van der Waals surface area (Å²) in [4.78, 5) is 19.4. The molecule has 2 aromatic rings. The molecular weight excluding hydrogens is 304 g/mol. The average Bonchev–Trinajstić information content (AvgIpc) is 2.78. The highest BCUT2D eigenvalue weighted by molar-refractivity contribution is 5.44. The van der Waals surface area contributed by atoms with Crippen molar-refractivity contribution in [2.45, 2.75) is 33.4 Å². The van der Waals surface area contributed by atoms with E-state index in [0.29, 0.717) is 0 Å². The number of halogens is 4. The number of aryl methyl sites for hydroxylation is 1. The fraction of sp³-hybridized carbons (Fsp3) is 0.357. The number of aromatic nitrogens is 2. The Balaban J connectivity index is 0. The minimum atomic E-state index is -4.43. The van der Waals surface area contributed by atoms with E-state index in [4.69, 9.17) is 9.59 Å². The van der Waals surface area contributed by atoms with Crippen LogP contribution in [0.15, 0.2) is 18.3 Å². The van der Waals surface area contributed by atoms with Crippen LogP contribution in [-0.4, -0.2) is 23.0 Å². The molecule has 0 aromatic carbocycles. The first-order valence-corrected chi connectivity index (χ1v) is 6.10. The third kappa shape index (κ3) is 6.02. The topological polar surface area (TPSA) is 51.4 Å². The zero-order valence-electron chi connectivity index (χ0n) is 12.6. The largest absolute Gasteiger partial charge is 0.416 e. The van der Waals surface area contributed by atoms with Crippen molar-refractivity contribution in [2.24, 2.45) is 0 Å². The van der Waals surface area contributed by atoms with Gasteiger partial charge in [0.15, 0.2) is 0 Å². The number of hydrogen-bond acceptors (Lipinski definition) is 3. The van der Waals surface area contributed by atoms with E-state index in [1.807, 2.05) is 13.6 Å². The highest BCUT2D eigenvalue weighted by atomic mass is 19.4. The smallest absolute Gasteiger partial charge is 0.307 e. The molecule has 0 radical (unpaired) electrons. The molecule has 0 spiro atoms. The van der Waals surface area contributed by atoms with Crippen molar-refractivity contribution in [1.82, 2.24) is 9.38 Å². The van der Waals surface area contributed by atoms with Crippen LogP contribution in [0, 0.1) is 12.9 Å². The average molecular weight is 322 g/mol. The first-order chi connectivity index (χ1) is 10.3. The summed E-state index contributed by atoms with van der Waals surface area (Å²) in [5.74, 6) is -0.755. The highest BCUT2D eigenvalue weighted by Crippen LogP contribution is 2.29. The molecule has 0 aliphatic heterocycles. The number of rotatable bonds is 0. The SMILES string of the molecule is C=O.C=O.CCC.Cc1c(F)nc2cc(C(F)(F)F)ccn12. The third-order valence-corrected chi connectivity index (χ3v) is 2.13. The van der Waals surface area contributed by atoms with Crippen LogP contribution in [0.3, 0.4) is 0 Å². The summed E-state index contributed by atoms with van der Waals surface area (Å²) in [5.41, 5.74) is -0.682. The highest BCUT2D eigenvalue weighted by Gasteiger charge is 2.31. The molecule has 0 atom stereocenters. The van der Waals surface area contributed by atoms with Gasteiger partial charge in [0, 0.05) is 6.20 Å². The minimum Gasteiger partial charge on any atom is -0.307 e. The molecule has 124 valence electrons. The lowest BCUT2D eigenvalue weighted by atomic mass is 10.2. The Bertz CT molecular complexity index is 566. The molecule has 0 unspecified atom stereocenters. The van der Waals surface area contributed by atoms with Gasteiger partial charge in [0.2, 0.25) is 5.95 Å². The number of fused-ring (bicyclic) bond motifs is 1. The predicted octanol–water partition coefficient (Wildman–Crippen LogP) is 3.85. The fourth-order valence-corrected chi connectivity index (χ4v) is 1.31. The first-order valence-electron chi connectivity index (χ1n) is 6.10. The molecule has 2 heterocycles. The van der Waals surface area contributed by atoms with Gasteiger partial charge in [0.1, 0.15) is 19.2 Å². The maximum absolute atomic E-state index is 12.9. The molecule has 0 N–H and O–H groups in total. The summed E-state index contributed by atoms with van der Waals surface area (Å²) in [6.45, 7) is 9.70. The van der Waals surface area contributed by atoms with Gasteiger partial charge in [-0.1, -0.05) is 20.3 Å². The van der Waals surface area contributed by atoms with E-state index < -0.39 is 17.7 Å². The second-order valence-corrected chi connectivity index (χ2v) is 3.84. The van der Waals surface area contributed by atoms with Crippen LogP contribution in [0.1, 0.15) is 31.5 Å². The van der Waals surface area contributed by atoms with E-state index in [0.717, 1.165) is 18.3 Å². The molecule has 0 bridgehead atoms. The molecule has 0 saturated heterocycles. The predicted molar refractivity (Wildman–Crippen MR) is 75.1 cm³/mol. The van der Waals surface area contributed by atoms with Crippen LogP contribution < -0.4 is 0 Å². The number of alkyl halides is 3. The Morgan fingerprint density at radius 1 is 1.18 bits per heavy atom. The maximum Gasteiger partial charge on any atom is 0.416 e. The fourth-order valence-electron chi connectivity index (χ4n) is 1.31. The van der Waals surface area contributed by atoms with E-state index in [2.05, 4.69) is 18.8 Å². The van der Waals surface area contributed by atoms with Crippen LogP contribution in [0.2, 0.25) is 0 Å². The summed E-state index contributed by atoms with van der Waals surface area (Å²) in [6, 6.07) is 1.71. The molecule has 22 heavy (non-hydrogen) atoms. The van der Waals surface area contributed by atoms with Crippen molar-refractivity contribution < 1.29 is 27.2 Å². The van der Waals surface area contributed by atoms with E-state index in [-0.39, 0.29) is 11.3 Å². The van der Waals surface area contributed by atoms with Crippen molar-refractivity contribution >= 4 is 19.2 Å². The monoisotopic (exact) mass is 322 g/mol. The molecule has 0 saturated carbocycles. The van der Waals surface area contributed by atoms with Crippen molar-refractivity contribution in [3.8, 4) is 0 Å². The van der Waals surface area contributed by atoms with Gasteiger partial charge in [0.25, 0.3) is 0 Å². The van der Waals surface area contributed by atoms with E-state index in [9.17, 15) is 17.6 Å². The zero-order chi connectivity index (χ0) is 17.9. The van der Waals surface area contributed by atoms with Gasteiger partial charge < -0.3 is 14.0 Å². The standard InChI is InChI=1S/C9H6F4N2.C3H8.2CH2O/c1-5-8(10)14-7-4-6(9(11,12)13)2-3-15(5)7;1-3-2;2*1-2/h2-4H,1H3;3H2,1-2H3;2*1H2. The lowest BCUT2D eigenvalue weighted by Gasteiger charge is -2.06. The van der Waals surface area contributed by atoms with Gasteiger partial charge in [-0.3, -0.25) is 0 Å². The number of imidazole rings is 1. The summed E-state index contributed by atoms with van der Waals surface area (Å²) < 4.78 is 51.1. The molecular formula is C14H18F4N2O2. The van der Waals surface area contributed by atoms with Crippen LogP contribution >= 0.6 is 0 Å². The van der Waals surface area contributed by atoms with Gasteiger partial charge >= 0.3 is 6.18 Å². The van der Waals surface area contributed by atoms with Crippen molar-refractivity contribution in [1.29, 1.82) is 0 Å². The summed E-state index contributed by atoms with van der Waals surface area (Å²) in [5, 5.41) is 0. The van der Waals surface area contributed by atoms with Gasteiger partial charge in [-0.2, -0.15) is 17.6 Å². The summed E-state index contributed by atoms with van der Waals surface area (Å²) in [7, 11) is 0. The minimum absolute atomic E-state index is 0.0418. The van der Waals surface area contributed by atoms with Crippen LogP contribution in [0.5, 0.6) is 0 Å². The molecule has 0 aliphatic carbocycles. The molecule has 0 amide bonds. The van der Waals surface area contributed by atoms with Crippen LogP contribution in [-0.2, 0) is 15.8 Å². The normalized spacial score (nSPS) is 9.59. The summed E-state index contributed by atoms with van der Waals surface area (Å²) in [6.07, 6.45) is -2.03. The lowest BCUT2D eigenvalue weighted by molar-refractivity contribution is -0.137. The quantitative estimate of drug-likeness (QED) is 0.692. The molecule has 8 heteroatoms. The van der Waals surface area contributed by atoms with Crippen molar-refractivity contribution in [3.63, 3.8) is 0 Å². The molecule has 0 fully saturated rings. The van der Waals surface area contributed by atoms with Crippen molar-refractivity contribution in [2.75, 3.05) is 0 Å². The van der Waals surface area contributed by atoms with Gasteiger partial charge in [0.05, 0.1) is 11.3 Å². The van der Waals surface area contributed by atoms with Crippen molar-refractivity contribution in [3.05, 3.63) is 35.5 Å². The second kappa shape index (κ2) is 10.5. The van der Waals surface area contributed by atoms with E-state index in [1.165, 1.54) is 17.7 Å². The second-order valence-electron chi connectivity index (χ2n) is 3.84. The Morgan fingerprint density at radius 3 is 2.05 bits per heavy atom. The summed E-state index contributed by atoms with van der Waals surface area (Å²) >= 11 is 0. The Morgan fingerprint density at radius 2 is 1.64 bits per heavy atom. The van der Waals surface area contributed by atoms with Gasteiger partial charge in [-0.25, -0.2) is 4.98 Å². The molecule has 4 nitrogen and oxygen atoms in total. The number of carbonyl (C=O) groups is 2. The van der Waals surface area contributed by atoms with Crippen LogP contribution in [0.4, 0.5) is 17.6 Å². The van der Waals surface area contributed by atoms with Gasteiger partial charge in [-0.15, -0.1) is 0 Å². The molecule has 2 aromatic heterocycles. The first kappa shape index (κ1) is 22.0. The Labute approximate surface area is 125 Å². The Hall–Kier alpha value is -2.25. The van der Waals surface area contributed by atoms with Crippen LogP contribution in [0.25, 0.3) is 5.65 Å². The molecule has 2 rings (SSSR count). The van der Waals surface area contributed by atoms with Gasteiger partial charge in [-0.05, 0) is 19.1 Å². The number of pyridine rings is 1. The van der Waals surface area contributed by atoms with E-state index in [1.54, 1.807) is 0 Å². The maximum atomic E-state index is 12.9. The zero-order valence-corrected chi connectivity index (χ0v) is 12.6. The Kier molecular flexibility index (Phi) is 10.5.